The average molecular weight is 248 g/mol. The van der Waals surface area contributed by atoms with Crippen molar-refractivity contribution in [1.29, 1.82) is 0 Å². The molecule has 1 aromatic carbocycles. The highest BCUT2D eigenvalue weighted by Crippen LogP contribution is 2.45. The molecule has 1 aliphatic heterocycles. The highest BCUT2D eigenvalue weighted by molar-refractivity contribution is 5.90. The lowest BCUT2D eigenvalue weighted by Crippen LogP contribution is -2.40. The minimum atomic E-state index is -0.491. The Balaban J connectivity index is 1.86. The van der Waals surface area contributed by atoms with Gasteiger partial charge in [0.2, 0.25) is 0 Å². The van der Waals surface area contributed by atoms with Crippen LogP contribution in [0, 0.1) is 0 Å². The number of fused-ring (bicyclic) bond motifs is 1. The summed E-state index contributed by atoms with van der Waals surface area (Å²) >= 11 is 0. The van der Waals surface area contributed by atoms with Crippen molar-refractivity contribution in [2.24, 2.45) is 0 Å². The molecule has 1 aliphatic carbocycles. The summed E-state index contributed by atoms with van der Waals surface area (Å²) in [5.74, 6) is 0.533. The summed E-state index contributed by atoms with van der Waals surface area (Å²) in [6, 6.07) is 5.19. The van der Waals surface area contributed by atoms with Gasteiger partial charge in [0.05, 0.1) is 12.7 Å². The third kappa shape index (κ3) is 1.82. The lowest BCUT2D eigenvalue weighted by atomic mass is 9.94. The topological polar surface area (TPSA) is 44.8 Å². The Labute approximate surface area is 106 Å². The van der Waals surface area contributed by atoms with Crippen LogP contribution in [0.1, 0.15) is 42.5 Å². The Bertz CT molecular complexity index is 475. The maximum Gasteiger partial charge on any atom is 0.337 e. The number of esters is 1. The first kappa shape index (κ1) is 11.4. The van der Waals surface area contributed by atoms with Gasteiger partial charge in [-0.3, -0.25) is 0 Å². The van der Waals surface area contributed by atoms with Gasteiger partial charge in [0.15, 0.2) is 11.5 Å². The van der Waals surface area contributed by atoms with E-state index in [0.717, 1.165) is 31.4 Å². The molecule has 1 heterocycles. The fourth-order valence-corrected chi connectivity index (χ4v) is 2.63. The minimum Gasteiger partial charge on any atom is -0.465 e. The van der Waals surface area contributed by atoms with Crippen molar-refractivity contribution < 1.29 is 19.0 Å². The first-order chi connectivity index (χ1) is 8.72. The second-order valence-corrected chi connectivity index (χ2v) is 4.83. The van der Waals surface area contributed by atoms with E-state index in [-0.39, 0.29) is 5.97 Å². The van der Waals surface area contributed by atoms with Gasteiger partial charge >= 0.3 is 5.97 Å². The fraction of sp³-hybridized carbons (Fsp3) is 0.500. The summed E-state index contributed by atoms with van der Waals surface area (Å²) in [6.45, 7) is 0. The normalized spacial score (nSPS) is 19.8. The van der Waals surface area contributed by atoms with Gasteiger partial charge in [0.25, 0.3) is 5.79 Å². The summed E-state index contributed by atoms with van der Waals surface area (Å²) < 4.78 is 16.6. The van der Waals surface area contributed by atoms with Crippen LogP contribution in [0.15, 0.2) is 18.2 Å². The van der Waals surface area contributed by atoms with Gasteiger partial charge in [0.1, 0.15) is 0 Å². The predicted octanol–water partition coefficient (Wildman–Crippen LogP) is 2.90. The molecule has 18 heavy (non-hydrogen) atoms. The molecule has 1 spiro atoms. The number of benzene rings is 1. The van der Waals surface area contributed by atoms with Crippen molar-refractivity contribution in [3.63, 3.8) is 0 Å². The van der Waals surface area contributed by atoms with Crippen LogP contribution in [0.25, 0.3) is 0 Å². The van der Waals surface area contributed by atoms with E-state index in [1.54, 1.807) is 18.2 Å². The second kappa shape index (κ2) is 4.19. The molecular formula is C14H16O4. The Kier molecular flexibility index (Phi) is 2.65. The van der Waals surface area contributed by atoms with Crippen LogP contribution < -0.4 is 9.47 Å². The lowest BCUT2D eigenvalue weighted by Gasteiger charge is -2.31. The van der Waals surface area contributed by atoms with Gasteiger partial charge in [-0.25, -0.2) is 4.79 Å². The standard InChI is InChI=1S/C14H16O4/c1-16-13(15)10-5-6-11-12(9-10)18-14(17-11)7-3-2-4-8-14/h5-6,9H,2-4,7-8H2,1H3. The van der Waals surface area contributed by atoms with Crippen LogP contribution in [0.3, 0.4) is 0 Å². The molecular weight excluding hydrogens is 232 g/mol. The zero-order chi connectivity index (χ0) is 12.6. The van der Waals surface area contributed by atoms with Crippen molar-refractivity contribution in [3.8, 4) is 11.5 Å². The first-order valence-corrected chi connectivity index (χ1v) is 6.33. The van der Waals surface area contributed by atoms with Gasteiger partial charge in [-0.05, 0) is 31.0 Å². The highest BCUT2D eigenvalue weighted by atomic mass is 16.7. The molecule has 1 saturated carbocycles. The van der Waals surface area contributed by atoms with E-state index in [9.17, 15) is 4.79 Å². The van der Waals surface area contributed by atoms with E-state index < -0.39 is 5.79 Å². The number of methoxy groups -OCH3 is 1. The maximum absolute atomic E-state index is 11.5. The summed E-state index contributed by atoms with van der Waals surface area (Å²) in [6.07, 6.45) is 5.30. The summed E-state index contributed by atoms with van der Waals surface area (Å²) in [5.41, 5.74) is 0.493. The highest BCUT2D eigenvalue weighted by Gasteiger charge is 2.42. The van der Waals surface area contributed by atoms with Crippen molar-refractivity contribution in [3.05, 3.63) is 23.8 Å². The van der Waals surface area contributed by atoms with E-state index in [4.69, 9.17) is 14.2 Å². The number of carbonyl (C=O) groups is 1. The zero-order valence-electron chi connectivity index (χ0n) is 10.4. The van der Waals surface area contributed by atoms with Crippen LogP contribution in [0.2, 0.25) is 0 Å². The monoisotopic (exact) mass is 248 g/mol. The second-order valence-electron chi connectivity index (χ2n) is 4.83. The van der Waals surface area contributed by atoms with Crippen LogP contribution in [0.5, 0.6) is 11.5 Å². The predicted molar refractivity (Wildman–Crippen MR) is 64.9 cm³/mol. The molecule has 4 nitrogen and oxygen atoms in total. The van der Waals surface area contributed by atoms with Crippen LogP contribution >= 0.6 is 0 Å². The van der Waals surface area contributed by atoms with Crippen molar-refractivity contribution in [1.82, 2.24) is 0 Å². The lowest BCUT2D eigenvalue weighted by molar-refractivity contribution is -0.105. The quantitative estimate of drug-likeness (QED) is 0.717. The third-order valence-electron chi connectivity index (χ3n) is 3.57. The molecule has 2 aliphatic rings. The molecule has 1 fully saturated rings. The van der Waals surface area contributed by atoms with Gasteiger partial charge < -0.3 is 14.2 Å². The van der Waals surface area contributed by atoms with Crippen molar-refractivity contribution in [2.45, 2.75) is 37.9 Å². The third-order valence-corrected chi connectivity index (χ3v) is 3.57. The molecule has 0 unspecified atom stereocenters. The SMILES string of the molecule is COC(=O)c1ccc2c(c1)OC1(CCCCC1)O2. The number of rotatable bonds is 1. The summed E-state index contributed by atoms with van der Waals surface area (Å²) in [7, 11) is 1.37. The summed E-state index contributed by atoms with van der Waals surface area (Å²) in [4.78, 5) is 11.5. The molecule has 0 amide bonds. The number of ether oxygens (including phenoxy) is 3. The van der Waals surface area contributed by atoms with Gasteiger partial charge in [-0.15, -0.1) is 0 Å². The fourth-order valence-electron chi connectivity index (χ4n) is 2.63. The maximum atomic E-state index is 11.5. The average Bonchev–Trinajstić information content (AvgIpc) is 2.74. The van der Waals surface area contributed by atoms with E-state index in [2.05, 4.69) is 0 Å². The Morgan fingerprint density at radius 1 is 1.17 bits per heavy atom. The van der Waals surface area contributed by atoms with Crippen LogP contribution in [0.4, 0.5) is 0 Å². The van der Waals surface area contributed by atoms with E-state index in [0.29, 0.717) is 11.3 Å². The molecule has 0 aromatic heterocycles. The van der Waals surface area contributed by atoms with Crippen molar-refractivity contribution >= 4 is 5.97 Å². The van der Waals surface area contributed by atoms with E-state index in [1.165, 1.54) is 13.5 Å². The number of carbonyl (C=O) groups excluding carboxylic acids is 1. The number of hydrogen-bond donors (Lipinski definition) is 0. The Morgan fingerprint density at radius 2 is 1.89 bits per heavy atom. The van der Waals surface area contributed by atoms with E-state index in [1.807, 2.05) is 0 Å². The molecule has 0 N–H and O–H groups in total. The van der Waals surface area contributed by atoms with Gasteiger partial charge in [-0.2, -0.15) is 0 Å². The summed E-state index contributed by atoms with van der Waals surface area (Å²) in [5, 5.41) is 0. The molecule has 0 saturated heterocycles. The molecule has 4 heteroatoms. The molecule has 0 atom stereocenters. The van der Waals surface area contributed by atoms with Crippen LogP contribution in [-0.2, 0) is 4.74 Å². The van der Waals surface area contributed by atoms with Gasteiger partial charge in [-0.1, -0.05) is 6.42 Å². The minimum absolute atomic E-state index is 0.356. The molecule has 0 bridgehead atoms. The molecule has 3 rings (SSSR count). The Hall–Kier alpha value is -1.71. The number of hydrogen-bond acceptors (Lipinski definition) is 4. The molecule has 1 aromatic rings. The molecule has 96 valence electrons. The Morgan fingerprint density at radius 3 is 2.61 bits per heavy atom. The zero-order valence-corrected chi connectivity index (χ0v) is 10.4. The largest absolute Gasteiger partial charge is 0.465 e. The smallest absolute Gasteiger partial charge is 0.337 e. The van der Waals surface area contributed by atoms with E-state index >= 15 is 0 Å². The van der Waals surface area contributed by atoms with Crippen LogP contribution in [-0.4, -0.2) is 18.9 Å². The van der Waals surface area contributed by atoms with Gasteiger partial charge in [0, 0.05) is 12.8 Å². The first-order valence-electron chi connectivity index (χ1n) is 6.33. The van der Waals surface area contributed by atoms with Crippen molar-refractivity contribution in [2.75, 3.05) is 7.11 Å². The molecule has 0 radical (unpaired) electrons.